The molecule has 154 valence electrons. The van der Waals surface area contributed by atoms with Gasteiger partial charge in [-0.2, -0.15) is 0 Å². The summed E-state index contributed by atoms with van der Waals surface area (Å²) in [6.07, 6.45) is 0.967. The molecule has 2 aromatic rings. The van der Waals surface area contributed by atoms with Crippen LogP contribution in [0.25, 0.3) is 11.0 Å². The van der Waals surface area contributed by atoms with E-state index < -0.39 is 22.2 Å². The molecule has 0 amide bonds. The van der Waals surface area contributed by atoms with Gasteiger partial charge in [0.2, 0.25) is 10.0 Å². The summed E-state index contributed by atoms with van der Waals surface area (Å²) in [6, 6.07) is 4.52. The molecule has 1 saturated heterocycles. The Bertz CT molecular complexity index is 1040. The van der Waals surface area contributed by atoms with Crippen LogP contribution >= 0.6 is 11.9 Å². The van der Waals surface area contributed by atoms with Crippen LogP contribution in [-0.2, 0) is 21.3 Å². The molecule has 0 spiro atoms. The molecule has 2 fully saturated rings. The number of hydrogen-bond acceptors (Lipinski definition) is 7. The number of imidazole rings is 1. The summed E-state index contributed by atoms with van der Waals surface area (Å²) in [5, 5.41) is 3.15. The zero-order valence-corrected chi connectivity index (χ0v) is 16.9. The Morgan fingerprint density at radius 1 is 1.39 bits per heavy atom. The van der Waals surface area contributed by atoms with Gasteiger partial charge in [-0.05, 0) is 43.0 Å². The van der Waals surface area contributed by atoms with Crippen molar-refractivity contribution in [2.24, 2.45) is 0 Å². The minimum Gasteiger partial charge on any atom is -0.383 e. The molecule has 12 heteroatoms. The molecule has 1 aromatic carbocycles. The van der Waals surface area contributed by atoms with Gasteiger partial charge in [-0.15, -0.1) is 0 Å². The first-order valence-corrected chi connectivity index (χ1v) is 11.2. The van der Waals surface area contributed by atoms with Gasteiger partial charge in [-0.3, -0.25) is 14.5 Å². The van der Waals surface area contributed by atoms with Crippen LogP contribution in [0.5, 0.6) is 0 Å². The molecule has 0 bridgehead atoms. The minimum absolute atomic E-state index is 0.00771. The van der Waals surface area contributed by atoms with Crippen molar-refractivity contribution in [3.8, 4) is 0 Å². The lowest BCUT2D eigenvalue weighted by Gasteiger charge is -2.14. The topological polar surface area (TPSA) is 106 Å². The zero-order chi connectivity index (χ0) is 19.9. The monoisotopic (exact) mass is 431 g/mol. The maximum atomic E-state index is 13.2. The van der Waals surface area contributed by atoms with Crippen molar-refractivity contribution in [2.75, 3.05) is 27.1 Å². The van der Waals surface area contributed by atoms with Gasteiger partial charge in [0.15, 0.2) is 5.50 Å². The third kappa shape index (κ3) is 3.48. The van der Waals surface area contributed by atoms with Crippen LogP contribution in [0.1, 0.15) is 18.3 Å². The van der Waals surface area contributed by atoms with Crippen molar-refractivity contribution in [1.82, 2.24) is 23.9 Å². The number of halogens is 1. The van der Waals surface area contributed by atoms with Gasteiger partial charge in [0.1, 0.15) is 6.67 Å². The van der Waals surface area contributed by atoms with E-state index >= 15 is 0 Å². The fourth-order valence-corrected chi connectivity index (χ4v) is 5.51. The zero-order valence-electron chi connectivity index (χ0n) is 15.3. The number of fused-ring (bicyclic) bond motifs is 1. The molecular weight excluding hydrogens is 409 g/mol. The predicted octanol–water partition coefficient (Wildman–Crippen LogP) is 0.484. The van der Waals surface area contributed by atoms with Crippen molar-refractivity contribution in [1.29, 1.82) is 0 Å². The number of sulfonamides is 1. The van der Waals surface area contributed by atoms with E-state index in [9.17, 15) is 17.6 Å². The maximum absolute atomic E-state index is 13.2. The average molecular weight is 432 g/mol. The quantitative estimate of drug-likeness (QED) is 0.522. The normalized spacial score (nSPS) is 21.4. The predicted molar refractivity (Wildman–Crippen MR) is 104 cm³/mol. The molecule has 2 aliphatic rings. The second kappa shape index (κ2) is 7.43. The Hall–Kier alpha value is -1.44. The van der Waals surface area contributed by atoms with Crippen LogP contribution in [0.2, 0.25) is 0 Å². The van der Waals surface area contributed by atoms with Gasteiger partial charge in [-0.1, -0.05) is 0 Å². The SMILES string of the molecule is COCCn1c(=O)n(C2NCNS2)c2cc(S(=O)(=O)NC3(CF)CC3)ccc21. The number of alkyl halides is 1. The second-order valence-electron chi connectivity index (χ2n) is 6.96. The third-order valence-electron chi connectivity index (χ3n) is 5.00. The van der Waals surface area contributed by atoms with Crippen LogP contribution in [-0.4, -0.2) is 50.2 Å². The molecular formula is C16H22FN5O4S2. The fraction of sp³-hybridized carbons (Fsp3) is 0.562. The number of aromatic nitrogens is 2. The standard InChI is InChI=1S/C16H22FN5O4S2/c1-26-7-6-21-12-3-2-11(28(24,25)20-16(9-17)4-5-16)8-13(12)22(15(21)23)14-18-10-19-27-14/h2-3,8,14,18-20H,4-7,9-10H2,1H3. The van der Waals surface area contributed by atoms with Crippen LogP contribution in [0.3, 0.4) is 0 Å². The number of benzene rings is 1. The molecule has 1 aromatic heterocycles. The van der Waals surface area contributed by atoms with Crippen molar-refractivity contribution in [3.05, 3.63) is 28.7 Å². The molecule has 1 atom stereocenters. The highest BCUT2D eigenvalue weighted by atomic mass is 32.2. The van der Waals surface area contributed by atoms with E-state index in [2.05, 4.69) is 14.8 Å². The van der Waals surface area contributed by atoms with Crippen molar-refractivity contribution in [3.63, 3.8) is 0 Å². The van der Waals surface area contributed by atoms with Crippen molar-refractivity contribution >= 4 is 33.0 Å². The maximum Gasteiger partial charge on any atom is 0.331 e. The number of hydrogen-bond donors (Lipinski definition) is 3. The second-order valence-corrected chi connectivity index (χ2v) is 9.62. The van der Waals surface area contributed by atoms with E-state index in [1.165, 1.54) is 28.6 Å². The smallest absolute Gasteiger partial charge is 0.331 e. The van der Waals surface area contributed by atoms with Gasteiger partial charge in [0.25, 0.3) is 0 Å². The fourth-order valence-electron chi connectivity index (χ4n) is 3.25. The van der Waals surface area contributed by atoms with E-state index in [0.717, 1.165) is 0 Å². The summed E-state index contributed by atoms with van der Waals surface area (Å²) in [6.45, 7) is 0.480. The third-order valence-corrected chi connectivity index (χ3v) is 7.49. The van der Waals surface area contributed by atoms with Crippen LogP contribution in [0.4, 0.5) is 4.39 Å². The minimum atomic E-state index is -3.90. The molecule has 0 radical (unpaired) electrons. The van der Waals surface area contributed by atoms with Gasteiger partial charge in [-0.25, -0.2) is 27.0 Å². The highest BCUT2D eigenvalue weighted by molar-refractivity contribution is 7.97. The molecule has 3 N–H and O–H groups in total. The molecule has 2 heterocycles. The van der Waals surface area contributed by atoms with Crippen molar-refractivity contribution in [2.45, 2.75) is 35.3 Å². The highest BCUT2D eigenvalue weighted by Crippen LogP contribution is 2.37. The molecule has 1 aliphatic carbocycles. The van der Waals surface area contributed by atoms with Crippen LogP contribution < -0.4 is 20.5 Å². The lowest BCUT2D eigenvalue weighted by molar-refractivity contribution is 0.187. The number of nitrogens with one attached hydrogen (secondary N) is 3. The van der Waals surface area contributed by atoms with Gasteiger partial charge in [0.05, 0.1) is 41.3 Å². The molecule has 28 heavy (non-hydrogen) atoms. The number of ether oxygens (including phenoxy) is 1. The van der Waals surface area contributed by atoms with Gasteiger partial charge < -0.3 is 4.74 Å². The first kappa shape index (κ1) is 19.9. The largest absolute Gasteiger partial charge is 0.383 e. The molecule has 1 unspecified atom stereocenters. The lowest BCUT2D eigenvalue weighted by Crippen LogP contribution is -2.38. The Morgan fingerprint density at radius 2 is 2.18 bits per heavy atom. The summed E-state index contributed by atoms with van der Waals surface area (Å²) >= 11 is 1.34. The Morgan fingerprint density at radius 3 is 2.79 bits per heavy atom. The number of methoxy groups -OCH3 is 1. The van der Waals surface area contributed by atoms with Crippen LogP contribution in [0.15, 0.2) is 27.9 Å². The van der Waals surface area contributed by atoms with E-state index in [0.29, 0.717) is 43.7 Å². The summed E-state index contributed by atoms with van der Waals surface area (Å²) in [7, 11) is -2.35. The summed E-state index contributed by atoms with van der Waals surface area (Å²) in [5.74, 6) is 0. The number of rotatable bonds is 8. The summed E-state index contributed by atoms with van der Waals surface area (Å²) in [4.78, 5) is 13.0. The Kier molecular flexibility index (Phi) is 5.27. The van der Waals surface area contributed by atoms with Gasteiger partial charge in [0, 0.05) is 7.11 Å². The lowest BCUT2D eigenvalue weighted by atomic mass is 10.3. The van der Waals surface area contributed by atoms with Crippen LogP contribution in [0, 0.1) is 0 Å². The molecule has 1 aliphatic heterocycles. The average Bonchev–Trinajstić information content (AvgIpc) is 3.11. The molecule has 1 saturated carbocycles. The Labute approximate surface area is 165 Å². The Balaban J connectivity index is 1.81. The van der Waals surface area contributed by atoms with E-state index in [4.69, 9.17) is 4.74 Å². The summed E-state index contributed by atoms with van der Waals surface area (Å²) < 4.78 is 52.4. The van der Waals surface area contributed by atoms with Gasteiger partial charge >= 0.3 is 5.69 Å². The first-order valence-electron chi connectivity index (χ1n) is 8.86. The van der Waals surface area contributed by atoms with Crippen molar-refractivity contribution < 1.29 is 17.5 Å². The highest BCUT2D eigenvalue weighted by Gasteiger charge is 2.46. The molecule has 9 nitrogen and oxygen atoms in total. The van der Waals surface area contributed by atoms with E-state index in [1.54, 1.807) is 17.7 Å². The van der Waals surface area contributed by atoms with E-state index in [1.807, 2.05) is 0 Å². The van der Waals surface area contributed by atoms with E-state index in [-0.39, 0.29) is 16.1 Å². The summed E-state index contributed by atoms with van der Waals surface area (Å²) in [5.41, 5.74) is -0.509. The first-order chi connectivity index (χ1) is 13.4. The molecule has 4 rings (SSSR count). The number of nitrogens with zero attached hydrogens (tertiary/aromatic N) is 2.